The monoisotopic (exact) mass is 273 g/mol. The molecule has 3 rings (SSSR count). The third-order valence-corrected chi connectivity index (χ3v) is 4.00. The average molecular weight is 273 g/mol. The van der Waals surface area contributed by atoms with Crippen molar-refractivity contribution in [3.05, 3.63) is 24.0 Å². The number of nitrogens with one attached hydrogen (secondary N) is 1. The standard InChI is InChI=1S/C16H23N3O/c1-2-17-14-7-8-15(18-9-14)16(20)19(10-12-3-4-12)11-13-5-6-13/h7-9,12-13,17H,2-6,10-11H2,1H3. The summed E-state index contributed by atoms with van der Waals surface area (Å²) in [7, 11) is 0. The minimum Gasteiger partial charge on any atom is -0.384 e. The maximum Gasteiger partial charge on any atom is 0.272 e. The van der Waals surface area contributed by atoms with Crippen LogP contribution in [0.1, 0.15) is 43.1 Å². The lowest BCUT2D eigenvalue weighted by Crippen LogP contribution is -2.35. The molecule has 0 aliphatic heterocycles. The molecule has 2 fully saturated rings. The van der Waals surface area contributed by atoms with Gasteiger partial charge in [-0.2, -0.15) is 0 Å². The van der Waals surface area contributed by atoms with E-state index in [9.17, 15) is 4.79 Å². The molecule has 1 heterocycles. The van der Waals surface area contributed by atoms with Crippen LogP contribution in [0, 0.1) is 11.8 Å². The topological polar surface area (TPSA) is 45.2 Å². The molecule has 1 aromatic rings. The van der Waals surface area contributed by atoms with E-state index in [2.05, 4.69) is 10.3 Å². The predicted molar refractivity (Wildman–Crippen MR) is 79.8 cm³/mol. The Morgan fingerprint density at radius 2 is 1.90 bits per heavy atom. The number of carbonyl (C=O) groups excluding carboxylic acids is 1. The van der Waals surface area contributed by atoms with Crippen molar-refractivity contribution >= 4 is 11.6 Å². The van der Waals surface area contributed by atoms with Gasteiger partial charge in [0.05, 0.1) is 11.9 Å². The molecule has 0 radical (unpaired) electrons. The molecule has 0 atom stereocenters. The number of rotatable bonds is 7. The summed E-state index contributed by atoms with van der Waals surface area (Å²) in [4.78, 5) is 18.9. The Kier molecular flexibility index (Phi) is 3.90. The van der Waals surface area contributed by atoms with E-state index >= 15 is 0 Å². The van der Waals surface area contributed by atoms with Crippen molar-refractivity contribution < 1.29 is 4.79 Å². The van der Waals surface area contributed by atoms with Crippen molar-refractivity contribution in [1.82, 2.24) is 9.88 Å². The van der Waals surface area contributed by atoms with Gasteiger partial charge in [-0.05, 0) is 56.6 Å². The van der Waals surface area contributed by atoms with Crippen LogP contribution in [0.3, 0.4) is 0 Å². The van der Waals surface area contributed by atoms with E-state index in [0.717, 1.165) is 37.2 Å². The molecule has 20 heavy (non-hydrogen) atoms. The lowest BCUT2D eigenvalue weighted by Gasteiger charge is -2.22. The summed E-state index contributed by atoms with van der Waals surface area (Å²) in [6.45, 7) is 4.76. The van der Waals surface area contributed by atoms with Crippen LogP contribution in [0.15, 0.2) is 18.3 Å². The maximum atomic E-state index is 12.6. The maximum absolute atomic E-state index is 12.6. The first kappa shape index (κ1) is 13.4. The number of anilines is 1. The van der Waals surface area contributed by atoms with E-state index in [1.807, 2.05) is 24.0 Å². The second kappa shape index (κ2) is 5.81. The molecule has 4 nitrogen and oxygen atoms in total. The highest BCUT2D eigenvalue weighted by Gasteiger charge is 2.32. The van der Waals surface area contributed by atoms with E-state index in [1.54, 1.807) is 6.20 Å². The second-order valence-electron chi connectivity index (χ2n) is 6.06. The molecule has 0 unspecified atom stereocenters. The van der Waals surface area contributed by atoms with Crippen LogP contribution in [-0.4, -0.2) is 35.4 Å². The van der Waals surface area contributed by atoms with Crippen molar-refractivity contribution in [3.8, 4) is 0 Å². The third kappa shape index (κ3) is 3.50. The van der Waals surface area contributed by atoms with Gasteiger partial charge >= 0.3 is 0 Å². The first-order valence-corrected chi connectivity index (χ1v) is 7.75. The molecule has 2 aliphatic rings. The predicted octanol–water partition coefficient (Wildman–Crippen LogP) is 2.78. The van der Waals surface area contributed by atoms with Crippen LogP contribution in [0.5, 0.6) is 0 Å². The van der Waals surface area contributed by atoms with Gasteiger partial charge in [0.25, 0.3) is 5.91 Å². The van der Waals surface area contributed by atoms with Crippen LogP contribution in [0.25, 0.3) is 0 Å². The highest BCUT2D eigenvalue weighted by atomic mass is 16.2. The number of carbonyl (C=O) groups is 1. The zero-order chi connectivity index (χ0) is 13.9. The molecular formula is C16H23N3O. The van der Waals surface area contributed by atoms with Gasteiger partial charge in [-0.1, -0.05) is 0 Å². The summed E-state index contributed by atoms with van der Waals surface area (Å²) in [6.07, 6.45) is 6.87. The highest BCUT2D eigenvalue weighted by molar-refractivity contribution is 5.92. The molecular weight excluding hydrogens is 250 g/mol. The van der Waals surface area contributed by atoms with Gasteiger partial charge in [0, 0.05) is 19.6 Å². The molecule has 108 valence electrons. The molecule has 2 saturated carbocycles. The Hall–Kier alpha value is -1.58. The summed E-state index contributed by atoms with van der Waals surface area (Å²) in [5.74, 6) is 1.57. The summed E-state index contributed by atoms with van der Waals surface area (Å²) < 4.78 is 0. The molecule has 2 aliphatic carbocycles. The molecule has 1 N–H and O–H groups in total. The minimum atomic E-state index is 0.104. The van der Waals surface area contributed by atoms with E-state index in [0.29, 0.717) is 5.69 Å². The normalized spacial score (nSPS) is 17.9. The molecule has 0 aromatic carbocycles. The van der Waals surface area contributed by atoms with Crippen LogP contribution in [-0.2, 0) is 0 Å². The van der Waals surface area contributed by atoms with Gasteiger partial charge in [-0.15, -0.1) is 0 Å². The molecule has 4 heteroatoms. The van der Waals surface area contributed by atoms with Crippen molar-refractivity contribution in [2.75, 3.05) is 25.0 Å². The number of amides is 1. The van der Waals surface area contributed by atoms with Gasteiger partial charge in [-0.3, -0.25) is 4.79 Å². The molecule has 1 amide bonds. The summed E-state index contributed by atoms with van der Waals surface area (Å²) in [6, 6.07) is 3.78. The zero-order valence-electron chi connectivity index (χ0n) is 12.1. The smallest absolute Gasteiger partial charge is 0.272 e. The Morgan fingerprint density at radius 3 is 2.35 bits per heavy atom. The summed E-state index contributed by atoms with van der Waals surface area (Å²) in [5.41, 5.74) is 1.55. The van der Waals surface area contributed by atoms with Gasteiger partial charge in [-0.25, -0.2) is 4.98 Å². The van der Waals surface area contributed by atoms with E-state index in [4.69, 9.17) is 0 Å². The van der Waals surface area contributed by atoms with Gasteiger partial charge < -0.3 is 10.2 Å². The lowest BCUT2D eigenvalue weighted by atomic mass is 10.2. The van der Waals surface area contributed by atoms with E-state index < -0.39 is 0 Å². The van der Waals surface area contributed by atoms with Crippen LogP contribution >= 0.6 is 0 Å². The Morgan fingerprint density at radius 1 is 1.25 bits per heavy atom. The fourth-order valence-corrected chi connectivity index (χ4v) is 2.46. The first-order chi connectivity index (χ1) is 9.76. The molecule has 0 bridgehead atoms. The second-order valence-corrected chi connectivity index (χ2v) is 6.06. The van der Waals surface area contributed by atoms with Crippen molar-refractivity contribution in [1.29, 1.82) is 0 Å². The van der Waals surface area contributed by atoms with E-state index in [1.165, 1.54) is 25.7 Å². The minimum absolute atomic E-state index is 0.104. The average Bonchev–Trinajstić information content (AvgIpc) is 3.34. The van der Waals surface area contributed by atoms with Crippen LogP contribution in [0.4, 0.5) is 5.69 Å². The fraction of sp³-hybridized carbons (Fsp3) is 0.625. The Bertz CT molecular complexity index is 449. The fourth-order valence-electron chi connectivity index (χ4n) is 2.46. The number of hydrogen-bond donors (Lipinski definition) is 1. The number of aromatic nitrogens is 1. The van der Waals surface area contributed by atoms with Crippen LogP contribution < -0.4 is 5.32 Å². The SMILES string of the molecule is CCNc1ccc(C(=O)N(CC2CC2)CC2CC2)nc1. The lowest BCUT2D eigenvalue weighted by molar-refractivity contribution is 0.0733. The van der Waals surface area contributed by atoms with E-state index in [-0.39, 0.29) is 5.91 Å². The number of pyridine rings is 1. The van der Waals surface area contributed by atoms with Crippen LogP contribution in [0.2, 0.25) is 0 Å². The molecule has 0 saturated heterocycles. The quantitative estimate of drug-likeness (QED) is 0.831. The zero-order valence-corrected chi connectivity index (χ0v) is 12.1. The van der Waals surface area contributed by atoms with Gasteiger partial charge in [0.2, 0.25) is 0 Å². The molecule has 1 aromatic heterocycles. The van der Waals surface area contributed by atoms with Crippen molar-refractivity contribution in [2.45, 2.75) is 32.6 Å². The van der Waals surface area contributed by atoms with Gasteiger partial charge in [0.1, 0.15) is 5.69 Å². The highest BCUT2D eigenvalue weighted by Crippen LogP contribution is 2.34. The van der Waals surface area contributed by atoms with Gasteiger partial charge in [0.15, 0.2) is 0 Å². The third-order valence-electron chi connectivity index (χ3n) is 4.00. The number of nitrogens with zero attached hydrogens (tertiary/aromatic N) is 2. The first-order valence-electron chi connectivity index (χ1n) is 7.75. The van der Waals surface area contributed by atoms with Crippen molar-refractivity contribution in [2.24, 2.45) is 11.8 Å². The largest absolute Gasteiger partial charge is 0.384 e. The summed E-state index contributed by atoms with van der Waals surface area (Å²) in [5, 5.41) is 3.20. The summed E-state index contributed by atoms with van der Waals surface area (Å²) >= 11 is 0. The molecule has 0 spiro atoms. The Labute approximate surface area is 120 Å². The number of hydrogen-bond acceptors (Lipinski definition) is 3. The Balaban J connectivity index is 1.66. The van der Waals surface area contributed by atoms with Crippen molar-refractivity contribution in [3.63, 3.8) is 0 Å².